The van der Waals surface area contributed by atoms with Gasteiger partial charge in [-0.3, -0.25) is 4.79 Å². The number of hydrogen-bond acceptors (Lipinski definition) is 4. The van der Waals surface area contributed by atoms with Gasteiger partial charge in [-0.15, -0.1) is 11.3 Å². The van der Waals surface area contributed by atoms with Crippen molar-refractivity contribution in [2.75, 3.05) is 0 Å². The molecule has 25 heavy (non-hydrogen) atoms. The highest BCUT2D eigenvalue weighted by molar-refractivity contribution is 7.09. The summed E-state index contributed by atoms with van der Waals surface area (Å²) in [5.41, 5.74) is 2.61. The van der Waals surface area contributed by atoms with E-state index in [1.54, 1.807) is 24.3 Å². The number of halogens is 1. The van der Waals surface area contributed by atoms with Crippen LogP contribution in [0.15, 0.2) is 64.4 Å². The summed E-state index contributed by atoms with van der Waals surface area (Å²) in [6.45, 7) is 0.355. The fourth-order valence-electron chi connectivity index (χ4n) is 2.50. The standard InChI is InChI=1S/C19H13ClN2O2S/c20-14-6-7-16-13(8-14)9-17(24-16)19(23)21-10-18-22-15(11-25-18)12-4-2-1-3-5-12/h1-9,11H,10H2,(H,21,23). The maximum absolute atomic E-state index is 12.3. The molecule has 0 bridgehead atoms. The van der Waals surface area contributed by atoms with Crippen LogP contribution in [0.5, 0.6) is 0 Å². The number of furan rings is 1. The molecule has 124 valence electrons. The van der Waals surface area contributed by atoms with Crippen LogP contribution in [-0.2, 0) is 6.54 Å². The first-order chi connectivity index (χ1) is 12.2. The van der Waals surface area contributed by atoms with Gasteiger partial charge in [-0.2, -0.15) is 0 Å². The lowest BCUT2D eigenvalue weighted by atomic mass is 10.2. The van der Waals surface area contributed by atoms with Crippen LogP contribution in [0.1, 0.15) is 15.6 Å². The summed E-state index contributed by atoms with van der Waals surface area (Å²) < 4.78 is 5.56. The molecule has 0 aliphatic heterocycles. The van der Waals surface area contributed by atoms with Crippen LogP contribution in [0.4, 0.5) is 0 Å². The molecule has 0 unspecified atom stereocenters. The molecule has 2 aromatic heterocycles. The molecule has 1 N–H and O–H groups in total. The summed E-state index contributed by atoms with van der Waals surface area (Å²) in [6.07, 6.45) is 0. The van der Waals surface area contributed by atoms with E-state index in [1.807, 2.05) is 35.7 Å². The minimum atomic E-state index is -0.274. The Balaban J connectivity index is 1.45. The van der Waals surface area contributed by atoms with E-state index in [4.69, 9.17) is 16.0 Å². The molecule has 4 rings (SSSR count). The van der Waals surface area contributed by atoms with Crippen molar-refractivity contribution in [2.45, 2.75) is 6.54 Å². The lowest BCUT2D eigenvalue weighted by molar-refractivity contribution is 0.0925. The number of benzene rings is 2. The Morgan fingerprint density at radius 2 is 2.00 bits per heavy atom. The number of amides is 1. The molecule has 0 saturated heterocycles. The van der Waals surface area contributed by atoms with Crippen molar-refractivity contribution >= 4 is 39.8 Å². The molecule has 2 aromatic carbocycles. The van der Waals surface area contributed by atoms with Crippen molar-refractivity contribution in [1.82, 2.24) is 10.3 Å². The van der Waals surface area contributed by atoms with Gasteiger partial charge >= 0.3 is 0 Å². The van der Waals surface area contributed by atoms with Gasteiger partial charge in [0.05, 0.1) is 12.2 Å². The number of thiazole rings is 1. The number of carbonyl (C=O) groups is 1. The third kappa shape index (κ3) is 3.43. The van der Waals surface area contributed by atoms with E-state index >= 15 is 0 Å². The minimum absolute atomic E-state index is 0.261. The molecule has 0 atom stereocenters. The van der Waals surface area contributed by atoms with E-state index in [9.17, 15) is 4.79 Å². The molecule has 6 heteroatoms. The fraction of sp³-hybridized carbons (Fsp3) is 0.0526. The zero-order valence-electron chi connectivity index (χ0n) is 13.0. The number of nitrogens with one attached hydrogen (secondary N) is 1. The van der Waals surface area contributed by atoms with Crippen LogP contribution in [0, 0.1) is 0 Å². The fourth-order valence-corrected chi connectivity index (χ4v) is 3.43. The first-order valence-corrected chi connectivity index (χ1v) is 8.92. The van der Waals surface area contributed by atoms with Crippen LogP contribution < -0.4 is 5.32 Å². The predicted molar refractivity (Wildman–Crippen MR) is 99.9 cm³/mol. The number of hydrogen-bond donors (Lipinski definition) is 1. The summed E-state index contributed by atoms with van der Waals surface area (Å²) in [7, 11) is 0. The average Bonchev–Trinajstić information content (AvgIpc) is 3.27. The number of rotatable bonds is 4. The number of carbonyl (C=O) groups excluding carboxylic acids is 1. The number of aromatic nitrogens is 1. The Labute approximate surface area is 153 Å². The number of fused-ring (bicyclic) bond motifs is 1. The molecule has 0 spiro atoms. The lowest BCUT2D eigenvalue weighted by Gasteiger charge is -1.99. The van der Waals surface area contributed by atoms with Gasteiger partial charge in [0.25, 0.3) is 5.91 Å². The normalized spacial score (nSPS) is 10.9. The van der Waals surface area contributed by atoms with Crippen LogP contribution in [0.25, 0.3) is 22.2 Å². The third-order valence-electron chi connectivity index (χ3n) is 3.72. The van der Waals surface area contributed by atoms with Gasteiger partial charge in [-0.1, -0.05) is 41.9 Å². The molecular weight excluding hydrogens is 356 g/mol. The summed E-state index contributed by atoms with van der Waals surface area (Å²) in [6, 6.07) is 16.9. The second kappa shape index (κ2) is 6.70. The van der Waals surface area contributed by atoms with Crippen molar-refractivity contribution in [3.63, 3.8) is 0 Å². The van der Waals surface area contributed by atoms with Crippen LogP contribution >= 0.6 is 22.9 Å². The summed E-state index contributed by atoms with van der Waals surface area (Å²) in [5, 5.41) is 7.08. The van der Waals surface area contributed by atoms with Crippen molar-refractivity contribution in [1.29, 1.82) is 0 Å². The van der Waals surface area contributed by atoms with E-state index in [1.165, 1.54) is 11.3 Å². The molecule has 0 saturated carbocycles. The van der Waals surface area contributed by atoms with Crippen LogP contribution in [0.2, 0.25) is 5.02 Å². The van der Waals surface area contributed by atoms with E-state index < -0.39 is 0 Å². The molecule has 0 aliphatic rings. The zero-order chi connectivity index (χ0) is 17.2. The van der Waals surface area contributed by atoms with Gasteiger partial charge in [0, 0.05) is 21.4 Å². The highest BCUT2D eigenvalue weighted by atomic mass is 35.5. The van der Waals surface area contributed by atoms with Crippen molar-refractivity contribution in [3.8, 4) is 11.3 Å². The van der Waals surface area contributed by atoms with Gasteiger partial charge in [0.2, 0.25) is 0 Å². The van der Waals surface area contributed by atoms with E-state index in [-0.39, 0.29) is 11.7 Å². The predicted octanol–water partition coefficient (Wildman–Crippen LogP) is 5.14. The van der Waals surface area contributed by atoms with E-state index in [2.05, 4.69) is 10.3 Å². The third-order valence-corrected chi connectivity index (χ3v) is 4.81. The van der Waals surface area contributed by atoms with Crippen molar-refractivity contribution < 1.29 is 9.21 Å². The summed E-state index contributed by atoms with van der Waals surface area (Å²) >= 11 is 7.47. The number of nitrogens with zero attached hydrogens (tertiary/aromatic N) is 1. The average molecular weight is 369 g/mol. The van der Waals surface area contributed by atoms with E-state index in [0.717, 1.165) is 21.7 Å². The molecule has 0 fully saturated rings. The molecule has 2 heterocycles. The smallest absolute Gasteiger partial charge is 0.287 e. The Bertz CT molecular complexity index is 1040. The SMILES string of the molecule is O=C(NCc1nc(-c2ccccc2)cs1)c1cc2cc(Cl)ccc2o1. The zero-order valence-corrected chi connectivity index (χ0v) is 14.6. The van der Waals surface area contributed by atoms with Crippen molar-refractivity contribution in [3.05, 3.63) is 75.8 Å². The topological polar surface area (TPSA) is 55.1 Å². The van der Waals surface area contributed by atoms with Gasteiger partial charge in [-0.05, 0) is 24.3 Å². The van der Waals surface area contributed by atoms with Gasteiger partial charge in [0.1, 0.15) is 10.6 Å². The molecular formula is C19H13ClN2O2S. The lowest BCUT2D eigenvalue weighted by Crippen LogP contribution is -2.22. The van der Waals surface area contributed by atoms with Gasteiger partial charge < -0.3 is 9.73 Å². The Morgan fingerprint density at radius 1 is 1.16 bits per heavy atom. The first-order valence-electron chi connectivity index (χ1n) is 7.66. The van der Waals surface area contributed by atoms with Crippen molar-refractivity contribution in [2.24, 2.45) is 0 Å². The van der Waals surface area contributed by atoms with Gasteiger partial charge in [-0.25, -0.2) is 4.98 Å². The summed E-state index contributed by atoms with van der Waals surface area (Å²) in [4.78, 5) is 16.8. The Morgan fingerprint density at radius 3 is 2.84 bits per heavy atom. The van der Waals surface area contributed by atoms with Gasteiger partial charge in [0.15, 0.2) is 5.76 Å². The molecule has 0 aliphatic carbocycles. The minimum Gasteiger partial charge on any atom is -0.451 e. The molecule has 1 amide bonds. The highest BCUT2D eigenvalue weighted by Crippen LogP contribution is 2.24. The summed E-state index contributed by atoms with van der Waals surface area (Å²) in [5.74, 6) is -0.0131. The van der Waals surface area contributed by atoms with E-state index in [0.29, 0.717) is 17.2 Å². The second-order valence-corrected chi connectivity index (χ2v) is 6.85. The molecule has 4 aromatic rings. The maximum atomic E-state index is 12.3. The monoisotopic (exact) mass is 368 g/mol. The molecule has 0 radical (unpaired) electrons. The highest BCUT2D eigenvalue weighted by Gasteiger charge is 2.13. The maximum Gasteiger partial charge on any atom is 0.287 e. The van der Waals surface area contributed by atoms with Crippen LogP contribution in [-0.4, -0.2) is 10.9 Å². The Hall–Kier alpha value is -2.63. The van der Waals surface area contributed by atoms with Crippen LogP contribution in [0.3, 0.4) is 0 Å². The quantitative estimate of drug-likeness (QED) is 0.542. The Kier molecular flexibility index (Phi) is 4.26. The molecule has 4 nitrogen and oxygen atoms in total. The second-order valence-electron chi connectivity index (χ2n) is 5.47. The largest absolute Gasteiger partial charge is 0.451 e. The first kappa shape index (κ1) is 15.9.